The molecule has 0 aliphatic rings. The summed E-state index contributed by atoms with van der Waals surface area (Å²) in [6, 6.07) is 11.7. The molecule has 0 radical (unpaired) electrons. The minimum Gasteiger partial charge on any atom is -0.506 e. The van der Waals surface area contributed by atoms with Gasteiger partial charge in [0.25, 0.3) is 0 Å². The van der Waals surface area contributed by atoms with Crippen molar-refractivity contribution in [2.24, 2.45) is 0 Å². The van der Waals surface area contributed by atoms with Crippen LogP contribution in [-0.2, 0) is 0 Å². The van der Waals surface area contributed by atoms with E-state index in [4.69, 9.17) is 9.84 Å². The number of aromatic hydroxyl groups is 1. The molecule has 0 atom stereocenters. The van der Waals surface area contributed by atoms with Crippen molar-refractivity contribution in [3.8, 4) is 22.6 Å². The van der Waals surface area contributed by atoms with Gasteiger partial charge in [-0.2, -0.15) is 0 Å². The molecule has 0 aromatic heterocycles. The van der Waals surface area contributed by atoms with E-state index in [1.54, 1.807) is 43.5 Å². The van der Waals surface area contributed by atoms with Crippen molar-refractivity contribution >= 4 is 5.97 Å². The van der Waals surface area contributed by atoms with Crippen LogP contribution in [0.25, 0.3) is 11.1 Å². The highest BCUT2D eigenvalue weighted by molar-refractivity contribution is 5.94. The summed E-state index contributed by atoms with van der Waals surface area (Å²) in [6.45, 7) is 0. The Morgan fingerprint density at radius 1 is 1.17 bits per heavy atom. The molecule has 0 bridgehead atoms. The lowest BCUT2D eigenvalue weighted by Crippen LogP contribution is -1.97. The second-order valence-corrected chi connectivity index (χ2v) is 3.74. The Bertz CT molecular complexity index is 590. The molecule has 0 heterocycles. The maximum absolute atomic E-state index is 10.9. The quantitative estimate of drug-likeness (QED) is 0.871. The number of carboxylic acids is 1. The van der Waals surface area contributed by atoms with Crippen molar-refractivity contribution in [3.63, 3.8) is 0 Å². The van der Waals surface area contributed by atoms with E-state index in [9.17, 15) is 9.90 Å². The fourth-order valence-electron chi connectivity index (χ4n) is 1.74. The number of rotatable bonds is 3. The summed E-state index contributed by atoms with van der Waals surface area (Å²) in [5, 5.41) is 18.9. The monoisotopic (exact) mass is 244 g/mol. The average Bonchev–Trinajstić information content (AvgIpc) is 2.38. The van der Waals surface area contributed by atoms with Crippen LogP contribution in [0.4, 0.5) is 0 Å². The summed E-state index contributed by atoms with van der Waals surface area (Å²) < 4.78 is 5.10. The third kappa shape index (κ3) is 2.13. The van der Waals surface area contributed by atoms with Crippen LogP contribution in [0.15, 0.2) is 42.5 Å². The van der Waals surface area contributed by atoms with Crippen LogP contribution < -0.4 is 4.74 Å². The molecular weight excluding hydrogens is 232 g/mol. The van der Waals surface area contributed by atoms with Crippen LogP contribution in [-0.4, -0.2) is 23.3 Å². The number of carboxylic acid groups (broad SMARTS) is 1. The van der Waals surface area contributed by atoms with Crippen molar-refractivity contribution in [1.29, 1.82) is 0 Å². The van der Waals surface area contributed by atoms with Crippen LogP contribution in [0.2, 0.25) is 0 Å². The highest BCUT2D eigenvalue weighted by atomic mass is 16.5. The fourth-order valence-corrected chi connectivity index (χ4v) is 1.74. The Morgan fingerprint density at radius 3 is 2.56 bits per heavy atom. The topological polar surface area (TPSA) is 66.8 Å². The van der Waals surface area contributed by atoms with Gasteiger partial charge in [0.1, 0.15) is 17.1 Å². The van der Waals surface area contributed by atoms with Crippen LogP contribution in [0.1, 0.15) is 10.4 Å². The molecule has 4 nitrogen and oxygen atoms in total. The van der Waals surface area contributed by atoms with Gasteiger partial charge in [-0.1, -0.05) is 24.3 Å². The normalized spacial score (nSPS) is 10.1. The summed E-state index contributed by atoms with van der Waals surface area (Å²) in [6.07, 6.45) is 0. The van der Waals surface area contributed by atoms with Gasteiger partial charge in [0.2, 0.25) is 0 Å². The molecule has 0 spiro atoms. The number of carbonyl (C=O) groups is 1. The van der Waals surface area contributed by atoms with Crippen LogP contribution in [0.5, 0.6) is 11.5 Å². The molecule has 0 unspecified atom stereocenters. The van der Waals surface area contributed by atoms with Gasteiger partial charge < -0.3 is 14.9 Å². The van der Waals surface area contributed by atoms with Gasteiger partial charge in [-0.05, 0) is 23.8 Å². The van der Waals surface area contributed by atoms with Crippen molar-refractivity contribution < 1.29 is 19.7 Å². The molecule has 92 valence electrons. The van der Waals surface area contributed by atoms with E-state index in [0.717, 1.165) is 0 Å². The Hall–Kier alpha value is -2.49. The summed E-state index contributed by atoms with van der Waals surface area (Å²) in [5.74, 6) is -0.747. The number of hydrogen-bond donors (Lipinski definition) is 2. The summed E-state index contributed by atoms with van der Waals surface area (Å²) in [5.41, 5.74) is 1.05. The van der Waals surface area contributed by atoms with E-state index in [1.807, 2.05) is 0 Å². The van der Waals surface area contributed by atoms with Gasteiger partial charge in [0.15, 0.2) is 0 Å². The SMILES string of the molecule is COc1cccc(-c2cccc(C(=O)O)c2O)c1. The van der Waals surface area contributed by atoms with E-state index in [0.29, 0.717) is 16.9 Å². The highest BCUT2D eigenvalue weighted by Crippen LogP contribution is 2.33. The second-order valence-electron chi connectivity index (χ2n) is 3.74. The van der Waals surface area contributed by atoms with Crippen LogP contribution >= 0.6 is 0 Å². The van der Waals surface area contributed by atoms with E-state index in [-0.39, 0.29) is 11.3 Å². The predicted octanol–water partition coefficient (Wildman–Crippen LogP) is 2.77. The number of phenols is 1. The molecule has 2 N–H and O–H groups in total. The van der Waals surface area contributed by atoms with Gasteiger partial charge in [0, 0.05) is 5.56 Å². The number of ether oxygens (including phenoxy) is 1. The Labute approximate surface area is 104 Å². The zero-order chi connectivity index (χ0) is 13.1. The lowest BCUT2D eigenvalue weighted by Gasteiger charge is -2.08. The minimum absolute atomic E-state index is 0.115. The Morgan fingerprint density at radius 2 is 1.89 bits per heavy atom. The molecule has 4 heteroatoms. The van der Waals surface area contributed by atoms with Crippen molar-refractivity contribution in [2.75, 3.05) is 7.11 Å². The van der Waals surface area contributed by atoms with E-state index in [2.05, 4.69) is 0 Å². The smallest absolute Gasteiger partial charge is 0.339 e. The number of benzene rings is 2. The molecule has 0 aliphatic carbocycles. The molecule has 0 saturated heterocycles. The van der Waals surface area contributed by atoms with E-state index >= 15 is 0 Å². The maximum Gasteiger partial charge on any atom is 0.339 e. The molecule has 0 aliphatic heterocycles. The van der Waals surface area contributed by atoms with Gasteiger partial charge in [0.05, 0.1) is 7.11 Å². The van der Waals surface area contributed by atoms with Gasteiger partial charge >= 0.3 is 5.97 Å². The first-order valence-corrected chi connectivity index (χ1v) is 5.33. The molecule has 2 rings (SSSR count). The summed E-state index contributed by atoms with van der Waals surface area (Å²) >= 11 is 0. The van der Waals surface area contributed by atoms with Crippen LogP contribution in [0.3, 0.4) is 0 Å². The van der Waals surface area contributed by atoms with Gasteiger partial charge in [-0.15, -0.1) is 0 Å². The van der Waals surface area contributed by atoms with Crippen LogP contribution in [0, 0.1) is 0 Å². The lowest BCUT2D eigenvalue weighted by atomic mass is 10.0. The minimum atomic E-state index is -1.16. The molecular formula is C14H12O4. The molecule has 0 saturated carbocycles. The van der Waals surface area contributed by atoms with Crippen molar-refractivity contribution in [3.05, 3.63) is 48.0 Å². The number of aromatic carboxylic acids is 1. The Kier molecular flexibility index (Phi) is 3.19. The van der Waals surface area contributed by atoms with E-state index < -0.39 is 5.97 Å². The third-order valence-electron chi connectivity index (χ3n) is 2.65. The molecule has 0 amide bonds. The lowest BCUT2D eigenvalue weighted by molar-refractivity contribution is 0.0694. The largest absolute Gasteiger partial charge is 0.506 e. The Balaban J connectivity index is 2.57. The average molecular weight is 244 g/mol. The van der Waals surface area contributed by atoms with E-state index in [1.165, 1.54) is 6.07 Å². The highest BCUT2D eigenvalue weighted by Gasteiger charge is 2.14. The first-order chi connectivity index (χ1) is 8.63. The van der Waals surface area contributed by atoms with Gasteiger partial charge in [-0.25, -0.2) is 4.79 Å². The molecule has 18 heavy (non-hydrogen) atoms. The maximum atomic E-state index is 10.9. The predicted molar refractivity (Wildman–Crippen MR) is 67.1 cm³/mol. The second kappa shape index (κ2) is 4.79. The molecule has 2 aromatic rings. The van der Waals surface area contributed by atoms with Gasteiger partial charge in [-0.3, -0.25) is 0 Å². The van der Waals surface area contributed by atoms with Crippen molar-refractivity contribution in [2.45, 2.75) is 0 Å². The first-order valence-electron chi connectivity index (χ1n) is 5.33. The number of hydrogen-bond acceptors (Lipinski definition) is 3. The zero-order valence-corrected chi connectivity index (χ0v) is 9.75. The number of methoxy groups -OCH3 is 1. The standard InChI is InChI=1S/C14H12O4/c1-18-10-5-2-4-9(8-10)11-6-3-7-12(13(11)15)14(16)17/h2-8,15H,1H3,(H,16,17). The van der Waals surface area contributed by atoms with Crippen molar-refractivity contribution in [1.82, 2.24) is 0 Å². The zero-order valence-electron chi connectivity index (χ0n) is 9.75. The first kappa shape index (κ1) is 12.0. The molecule has 2 aromatic carbocycles. The fraction of sp³-hybridized carbons (Fsp3) is 0.0714. The third-order valence-corrected chi connectivity index (χ3v) is 2.65. The summed E-state index contributed by atoms with van der Waals surface area (Å²) in [7, 11) is 1.55. The number of para-hydroxylation sites is 1. The molecule has 0 fully saturated rings. The summed E-state index contributed by atoms with van der Waals surface area (Å²) in [4.78, 5) is 10.9.